The van der Waals surface area contributed by atoms with Crippen molar-refractivity contribution in [2.75, 3.05) is 7.11 Å². The minimum Gasteiger partial charge on any atom is -0.483 e. The monoisotopic (exact) mass is 238 g/mol. The quantitative estimate of drug-likeness (QED) is 0.733. The van der Waals surface area contributed by atoms with Crippen LogP contribution < -0.4 is 4.74 Å². The van der Waals surface area contributed by atoms with Crippen molar-refractivity contribution in [3.8, 4) is 5.75 Å². The molecule has 0 amide bonds. The van der Waals surface area contributed by atoms with Crippen LogP contribution in [0.15, 0.2) is 12.4 Å². The molecule has 94 valence electrons. The lowest BCUT2D eigenvalue weighted by atomic mass is 9.77. The number of aryl methyl sites for hydroxylation is 1. The number of aromatic nitrogens is 2. The number of hydrogen-bond acceptors (Lipinski definition) is 4. The Bertz CT molecular complexity index is 396. The highest BCUT2D eigenvalue weighted by Gasteiger charge is 2.42. The average Bonchev–Trinajstić information content (AvgIpc) is 2.73. The van der Waals surface area contributed by atoms with Crippen LogP contribution in [0.4, 0.5) is 0 Å². The lowest BCUT2D eigenvalue weighted by Gasteiger charge is -2.40. The molecule has 0 saturated heterocycles. The Hall–Kier alpha value is -1.52. The number of nitrogens with zero attached hydrogens (tertiary/aromatic N) is 2. The van der Waals surface area contributed by atoms with Gasteiger partial charge in [0.1, 0.15) is 5.60 Å². The van der Waals surface area contributed by atoms with Gasteiger partial charge in [-0.15, -0.1) is 0 Å². The van der Waals surface area contributed by atoms with Crippen molar-refractivity contribution in [3.05, 3.63) is 12.4 Å². The molecule has 0 aliphatic heterocycles. The number of carbonyl (C=O) groups excluding carboxylic acids is 1. The van der Waals surface area contributed by atoms with Gasteiger partial charge in [-0.2, -0.15) is 5.10 Å². The van der Waals surface area contributed by atoms with E-state index in [1.54, 1.807) is 10.9 Å². The molecule has 0 spiro atoms. The van der Waals surface area contributed by atoms with Crippen molar-refractivity contribution in [2.24, 2.45) is 0 Å². The summed E-state index contributed by atoms with van der Waals surface area (Å²) in [6.45, 7) is 2.83. The third-order valence-electron chi connectivity index (χ3n) is 3.23. The molecule has 5 heteroatoms. The third kappa shape index (κ3) is 2.60. The lowest BCUT2D eigenvalue weighted by molar-refractivity contribution is -0.148. The average molecular weight is 238 g/mol. The highest BCUT2D eigenvalue weighted by atomic mass is 16.5. The van der Waals surface area contributed by atoms with E-state index in [4.69, 9.17) is 9.47 Å². The predicted molar refractivity (Wildman–Crippen MR) is 61.7 cm³/mol. The topological polar surface area (TPSA) is 53.4 Å². The van der Waals surface area contributed by atoms with Crippen LogP contribution in [0.2, 0.25) is 0 Å². The highest BCUT2D eigenvalue weighted by molar-refractivity contribution is 5.70. The Kier molecular flexibility index (Phi) is 3.36. The molecule has 0 atom stereocenters. The summed E-state index contributed by atoms with van der Waals surface area (Å²) in [6.07, 6.45) is 6.77. The van der Waals surface area contributed by atoms with E-state index in [-0.39, 0.29) is 11.6 Å². The zero-order valence-electron chi connectivity index (χ0n) is 10.3. The second-order valence-corrected chi connectivity index (χ2v) is 4.42. The minimum absolute atomic E-state index is 0.215. The van der Waals surface area contributed by atoms with Crippen LogP contribution in [0.5, 0.6) is 5.75 Å². The molecule has 1 heterocycles. The van der Waals surface area contributed by atoms with E-state index < -0.39 is 0 Å². The molecule has 1 aromatic heterocycles. The van der Waals surface area contributed by atoms with E-state index in [0.29, 0.717) is 6.42 Å². The molecule has 17 heavy (non-hydrogen) atoms. The molecule has 1 saturated carbocycles. The Labute approximate surface area is 101 Å². The number of hydrogen-bond donors (Lipinski definition) is 0. The molecule has 0 bridgehead atoms. The van der Waals surface area contributed by atoms with Crippen molar-refractivity contribution in [1.82, 2.24) is 9.78 Å². The fraction of sp³-hybridized carbons (Fsp3) is 0.667. The fourth-order valence-corrected chi connectivity index (χ4v) is 2.04. The van der Waals surface area contributed by atoms with Gasteiger partial charge in [-0.05, 0) is 26.2 Å². The van der Waals surface area contributed by atoms with E-state index in [0.717, 1.165) is 31.6 Å². The zero-order chi connectivity index (χ0) is 12.3. The van der Waals surface area contributed by atoms with Gasteiger partial charge < -0.3 is 9.47 Å². The third-order valence-corrected chi connectivity index (χ3v) is 3.23. The number of carbonyl (C=O) groups is 1. The Morgan fingerprint density at radius 1 is 1.59 bits per heavy atom. The molecule has 0 radical (unpaired) electrons. The van der Waals surface area contributed by atoms with Gasteiger partial charge in [0.2, 0.25) is 0 Å². The molecule has 0 N–H and O–H groups in total. The van der Waals surface area contributed by atoms with E-state index in [1.807, 2.05) is 13.1 Å². The van der Waals surface area contributed by atoms with Crippen molar-refractivity contribution in [1.29, 1.82) is 0 Å². The van der Waals surface area contributed by atoms with Crippen LogP contribution in [0.25, 0.3) is 0 Å². The second kappa shape index (κ2) is 4.77. The molecule has 0 unspecified atom stereocenters. The summed E-state index contributed by atoms with van der Waals surface area (Å²) in [6, 6.07) is 0. The van der Waals surface area contributed by atoms with Crippen molar-refractivity contribution < 1.29 is 14.3 Å². The maximum Gasteiger partial charge on any atom is 0.309 e. The van der Waals surface area contributed by atoms with Crippen molar-refractivity contribution in [2.45, 2.75) is 44.8 Å². The smallest absolute Gasteiger partial charge is 0.309 e. The van der Waals surface area contributed by atoms with Gasteiger partial charge in [-0.1, -0.05) is 0 Å². The van der Waals surface area contributed by atoms with Gasteiger partial charge in [-0.3, -0.25) is 9.48 Å². The van der Waals surface area contributed by atoms with Crippen LogP contribution in [-0.4, -0.2) is 28.5 Å². The predicted octanol–water partition coefficient (Wildman–Crippen LogP) is 1.77. The molecule has 2 rings (SSSR count). The lowest BCUT2D eigenvalue weighted by Crippen LogP contribution is -2.45. The summed E-state index contributed by atoms with van der Waals surface area (Å²) in [4.78, 5) is 11.3. The van der Waals surface area contributed by atoms with Crippen LogP contribution in [0, 0.1) is 0 Å². The number of methoxy groups -OCH3 is 1. The maximum atomic E-state index is 11.3. The van der Waals surface area contributed by atoms with E-state index in [9.17, 15) is 4.79 Å². The highest BCUT2D eigenvalue weighted by Crippen LogP contribution is 2.39. The first-order chi connectivity index (χ1) is 8.17. The van der Waals surface area contributed by atoms with Crippen LogP contribution >= 0.6 is 0 Å². The van der Waals surface area contributed by atoms with Crippen molar-refractivity contribution >= 4 is 5.97 Å². The fourth-order valence-electron chi connectivity index (χ4n) is 2.04. The summed E-state index contributed by atoms with van der Waals surface area (Å²) in [5.41, 5.74) is -0.366. The minimum atomic E-state index is -0.366. The number of esters is 1. The zero-order valence-corrected chi connectivity index (χ0v) is 10.3. The van der Waals surface area contributed by atoms with E-state index in [2.05, 4.69) is 5.10 Å². The SMILES string of the molecule is CCn1cc(OC2(CC(=O)OC)CCC2)cn1. The maximum absolute atomic E-state index is 11.3. The summed E-state index contributed by atoms with van der Waals surface area (Å²) < 4.78 is 12.4. The molecule has 0 aromatic carbocycles. The molecular formula is C12H18N2O3. The van der Waals surface area contributed by atoms with Gasteiger partial charge in [0.15, 0.2) is 5.75 Å². The van der Waals surface area contributed by atoms with Gasteiger partial charge >= 0.3 is 5.97 Å². The first-order valence-electron chi connectivity index (χ1n) is 5.96. The molecule has 5 nitrogen and oxygen atoms in total. The first-order valence-corrected chi connectivity index (χ1v) is 5.96. The van der Waals surface area contributed by atoms with Crippen molar-refractivity contribution in [3.63, 3.8) is 0 Å². The Morgan fingerprint density at radius 3 is 2.82 bits per heavy atom. The van der Waals surface area contributed by atoms with Crippen LogP contribution in [-0.2, 0) is 16.1 Å². The summed E-state index contributed by atoms with van der Waals surface area (Å²) >= 11 is 0. The molecule has 1 aliphatic carbocycles. The van der Waals surface area contributed by atoms with E-state index >= 15 is 0 Å². The largest absolute Gasteiger partial charge is 0.483 e. The molecule has 1 aliphatic rings. The number of ether oxygens (including phenoxy) is 2. The summed E-state index contributed by atoms with van der Waals surface area (Å²) in [5, 5.41) is 4.15. The number of rotatable bonds is 5. The first kappa shape index (κ1) is 12.0. The molecular weight excluding hydrogens is 220 g/mol. The second-order valence-electron chi connectivity index (χ2n) is 4.42. The van der Waals surface area contributed by atoms with Gasteiger partial charge in [0.05, 0.1) is 25.9 Å². The normalized spacial score (nSPS) is 17.3. The van der Waals surface area contributed by atoms with Gasteiger partial charge in [0.25, 0.3) is 0 Å². The Morgan fingerprint density at radius 2 is 2.35 bits per heavy atom. The van der Waals surface area contributed by atoms with Crippen LogP contribution in [0.1, 0.15) is 32.6 Å². The standard InChI is InChI=1S/C12H18N2O3/c1-3-14-9-10(8-13-14)17-12(5-4-6-12)7-11(15)16-2/h8-9H,3-7H2,1-2H3. The summed E-state index contributed by atoms with van der Waals surface area (Å²) in [5.74, 6) is 0.517. The van der Waals surface area contributed by atoms with Gasteiger partial charge in [0, 0.05) is 6.54 Å². The van der Waals surface area contributed by atoms with Gasteiger partial charge in [-0.25, -0.2) is 0 Å². The van der Waals surface area contributed by atoms with E-state index in [1.165, 1.54) is 7.11 Å². The molecule has 1 fully saturated rings. The molecule has 1 aromatic rings. The van der Waals surface area contributed by atoms with Crippen LogP contribution in [0.3, 0.4) is 0 Å². The summed E-state index contributed by atoms with van der Waals surface area (Å²) in [7, 11) is 1.41. The Balaban J connectivity index is 2.01.